The second-order valence-corrected chi connectivity index (χ2v) is 9.35. The summed E-state index contributed by atoms with van der Waals surface area (Å²) in [5.74, 6) is 0. The van der Waals surface area contributed by atoms with Crippen LogP contribution in [0.3, 0.4) is 0 Å². The zero-order valence-corrected chi connectivity index (χ0v) is 18.4. The summed E-state index contributed by atoms with van der Waals surface area (Å²) in [6, 6.07) is 17.6. The second-order valence-electron chi connectivity index (χ2n) is 9.35. The summed E-state index contributed by atoms with van der Waals surface area (Å²) in [6.45, 7) is 17.7. The van der Waals surface area contributed by atoms with Crippen LogP contribution < -0.4 is 0 Å². The van der Waals surface area contributed by atoms with Gasteiger partial charge in [-0.2, -0.15) is 0 Å². The molecular weight excluding hydrogens is 326 g/mol. The van der Waals surface area contributed by atoms with Crippen LogP contribution in [0.25, 0.3) is 5.70 Å². The molecule has 1 heteroatoms. The first-order chi connectivity index (χ1) is 12.5. The van der Waals surface area contributed by atoms with E-state index in [0.717, 1.165) is 17.8 Å². The van der Waals surface area contributed by atoms with E-state index in [1.165, 1.54) is 22.3 Å². The predicted molar refractivity (Wildman–Crippen MR) is 121 cm³/mol. The molecule has 0 unspecified atom stereocenters. The number of rotatable bonds is 4. The van der Waals surface area contributed by atoms with E-state index in [9.17, 15) is 0 Å². The smallest absolute Gasteiger partial charge is 0.0665 e. The summed E-state index contributed by atoms with van der Waals surface area (Å²) >= 11 is 0. The molecular formula is C26H35N. The minimum atomic E-state index is 0.168. The fourth-order valence-electron chi connectivity index (χ4n) is 3.02. The summed E-state index contributed by atoms with van der Waals surface area (Å²) < 4.78 is 0. The zero-order valence-electron chi connectivity index (χ0n) is 18.4. The Hall–Kier alpha value is -2.15. The molecule has 0 N–H and O–H groups in total. The summed E-state index contributed by atoms with van der Waals surface area (Å²) in [4.78, 5) is 4.97. The van der Waals surface area contributed by atoms with Crippen LogP contribution in [0.4, 0.5) is 0 Å². The maximum absolute atomic E-state index is 4.97. The molecule has 0 aliphatic rings. The van der Waals surface area contributed by atoms with Crippen molar-refractivity contribution in [3.8, 4) is 0 Å². The van der Waals surface area contributed by atoms with E-state index < -0.39 is 0 Å². The SMILES string of the molecule is CC/C=C(/N=C(\C)c1ccc(C(C)(C)C)cc1)c1ccc(C(C)(C)C)cc1. The van der Waals surface area contributed by atoms with Crippen LogP contribution in [0.2, 0.25) is 0 Å². The topological polar surface area (TPSA) is 12.4 Å². The summed E-state index contributed by atoms with van der Waals surface area (Å²) in [6.07, 6.45) is 3.18. The molecule has 0 bridgehead atoms. The minimum absolute atomic E-state index is 0.168. The van der Waals surface area contributed by atoms with Gasteiger partial charge in [-0.25, -0.2) is 0 Å². The van der Waals surface area contributed by atoms with Crippen molar-refractivity contribution in [3.05, 3.63) is 76.9 Å². The van der Waals surface area contributed by atoms with Gasteiger partial charge in [0.1, 0.15) is 0 Å². The number of hydrogen-bond donors (Lipinski definition) is 0. The Labute approximate surface area is 166 Å². The van der Waals surface area contributed by atoms with Gasteiger partial charge in [0.25, 0.3) is 0 Å². The molecule has 0 saturated heterocycles. The van der Waals surface area contributed by atoms with Gasteiger partial charge in [0.2, 0.25) is 0 Å². The second kappa shape index (κ2) is 8.25. The molecule has 0 fully saturated rings. The number of allylic oxidation sites excluding steroid dienone is 1. The lowest BCUT2D eigenvalue weighted by Crippen LogP contribution is -2.11. The molecule has 1 nitrogen and oxygen atoms in total. The van der Waals surface area contributed by atoms with E-state index in [1.807, 2.05) is 0 Å². The fraction of sp³-hybridized carbons (Fsp3) is 0.423. The van der Waals surface area contributed by atoms with Crippen LogP contribution in [-0.4, -0.2) is 5.71 Å². The number of nitrogens with zero attached hydrogens (tertiary/aromatic N) is 1. The van der Waals surface area contributed by atoms with E-state index in [0.29, 0.717) is 0 Å². The third kappa shape index (κ3) is 5.66. The third-order valence-corrected chi connectivity index (χ3v) is 4.90. The average Bonchev–Trinajstić information content (AvgIpc) is 2.60. The Bertz CT molecular complexity index is 804. The first-order valence-corrected chi connectivity index (χ1v) is 9.99. The quantitative estimate of drug-likeness (QED) is 0.499. The zero-order chi connectivity index (χ0) is 20.2. The molecule has 0 heterocycles. The first-order valence-electron chi connectivity index (χ1n) is 9.99. The molecule has 2 rings (SSSR count). The molecule has 144 valence electrons. The highest BCUT2D eigenvalue weighted by atomic mass is 14.8. The Morgan fingerprint density at radius 3 is 1.52 bits per heavy atom. The van der Waals surface area contributed by atoms with Crippen molar-refractivity contribution >= 4 is 11.4 Å². The fourth-order valence-corrected chi connectivity index (χ4v) is 3.02. The average molecular weight is 362 g/mol. The molecule has 2 aromatic rings. The molecule has 2 aromatic carbocycles. The van der Waals surface area contributed by atoms with Crippen molar-refractivity contribution in [2.24, 2.45) is 4.99 Å². The Morgan fingerprint density at radius 2 is 1.15 bits per heavy atom. The predicted octanol–water partition coefficient (Wildman–Crippen LogP) is 7.54. The van der Waals surface area contributed by atoms with Crippen LogP contribution in [0.1, 0.15) is 84.1 Å². The van der Waals surface area contributed by atoms with Crippen LogP contribution in [0.15, 0.2) is 59.6 Å². The number of benzene rings is 2. The van der Waals surface area contributed by atoms with Gasteiger partial charge in [-0.1, -0.05) is 103 Å². The van der Waals surface area contributed by atoms with Gasteiger partial charge in [-0.3, -0.25) is 4.99 Å². The third-order valence-electron chi connectivity index (χ3n) is 4.90. The molecule has 0 amide bonds. The van der Waals surface area contributed by atoms with E-state index >= 15 is 0 Å². The highest BCUT2D eigenvalue weighted by Gasteiger charge is 2.14. The summed E-state index contributed by atoms with van der Waals surface area (Å²) in [7, 11) is 0. The van der Waals surface area contributed by atoms with Crippen LogP contribution >= 0.6 is 0 Å². The van der Waals surface area contributed by atoms with Crippen molar-refractivity contribution in [1.82, 2.24) is 0 Å². The van der Waals surface area contributed by atoms with Crippen LogP contribution in [-0.2, 0) is 10.8 Å². The van der Waals surface area contributed by atoms with Gasteiger partial charge in [-0.15, -0.1) is 0 Å². The standard InChI is InChI=1S/C26H35N/c1-9-10-24(21-13-17-23(18-14-21)26(6,7)8)27-19(2)20-11-15-22(16-12-20)25(3,4)5/h10-18H,9H2,1-8H3/b24-10+,27-19+. The van der Waals surface area contributed by atoms with Gasteiger partial charge >= 0.3 is 0 Å². The highest BCUT2D eigenvalue weighted by molar-refractivity contribution is 6.01. The largest absolute Gasteiger partial charge is 0.253 e. The van der Waals surface area contributed by atoms with E-state index in [-0.39, 0.29) is 10.8 Å². The lowest BCUT2D eigenvalue weighted by Gasteiger charge is -2.19. The van der Waals surface area contributed by atoms with E-state index in [1.54, 1.807) is 0 Å². The van der Waals surface area contributed by atoms with E-state index in [2.05, 4.69) is 110 Å². The molecule has 0 aliphatic heterocycles. The first kappa shape index (κ1) is 21.2. The number of hydrogen-bond acceptors (Lipinski definition) is 1. The molecule has 0 aliphatic carbocycles. The van der Waals surface area contributed by atoms with Crippen molar-refractivity contribution < 1.29 is 0 Å². The minimum Gasteiger partial charge on any atom is -0.253 e. The van der Waals surface area contributed by atoms with Crippen molar-refractivity contribution in [3.63, 3.8) is 0 Å². The van der Waals surface area contributed by atoms with Gasteiger partial charge in [0.15, 0.2) is 0 Å². The molecule has 0 aromatic heterocycles. The maximum Gasteiger partial charge on any atom is 0.0665 e. The maximum atomic E-state index is 4.97. The molecule has 0 atom stereocenters. The van der Waals surface area contributed by atoms with E-state index in [4.69, 9.17) is 4.99 Å². The van der Waals surface area contributed by atoms with Gasteiger partial charge in [-0.05, 0) is 46.4 Å². The molecule has 27 heavy (non-hydrogen) atoms. The number of aliphatic imine (C=N–C) groups is 1. The summed E-state index contributed by atoms with van der Waals surface area (Å²) in [5.41, 5.74) is 7.49. The Balaban J connectivity index is 2.33. The lowest BCUT2D eigenvalue weighted by molar-refractivity contribution is 0.590. The molecule has 0 radical (unpaired) electrons. The van der Waals surface area contributed by atoms with Crippen molar-refractivity contribution in [2.75, 3.05) is 0 Å². The lowest BCUT2D eigenvalue weighted by atomic mass is 9.86. The Morgan fingerprint density at radius 1 is 0.741 bits per heavy atom. The Kier molecular flexibility index (Phi) is 6.46. The summed E-state index contributed by atoms with van der Waals surface area (Å²) in [5, 5.41) is 0. The normalized spacial score (nSPS) is 13.8. The monoisotopic (exact) mass is 361 g/mol. The molecule has 0 saturated carbocycles. The molecule has 0 spiro atoms. The van der Waals surface area contributed by atoms with Gasteiger partial charge < -0.3 is 0 Å². The van der Waals surface area contributed by atoms with Gasteiger partial charge in [0.05, 0.1) is 5.70 Å². The highest BCUT2D eigenvalue weighted by Crippen LogP contribution is 2.26. The van der Waals surface area contributed by atoms with Crippen molar-refractivity contribution in [1.29, 1.82) is 0 Å². The van der Waals surface area contributed by atoms with Crippen LogP contribution in [0, 0.1) is 0 Å². The van der Waals surface area contributed by atoms with Crippen LogP contribution in [0.5, 0.6) is 0 Å². The van der Waals surface area contributed by atoms with Gasteiger partial charge in [0, 0.05) is 5.71 Å². The van der Waals surface area contributed by atoms with Crippen molar-refractivity contribution in [2.45, 2.75) is 72.6 Å².